The van der Waals surface area contributed by atoms with Crippen molar-refractivity contribution in [3.05, 3.63) is 108 Å². The van der Waals surface area contributed by atoms with Crippen LogP contribution in [0.25, 0.3) is 22.3 Å². The first-order chi connectivity index (χ1) is 18.4. The van der Waals surface area contributed by atoms with Gasteiger partial charge in [0.25, 0.3) is 0 Å². The molecule has 38 heavy (non-hydrogen) atoms. The highest BCUT2D eigenvalue weighted by molar-refractivity contribution is 9.09. The monoisotopic (exact) mass is 594 g/mol. The average Bonchev–Trinajstić information content (AvgIpc) is 2.96. The van der Waals surface area contributed by atoms with E-state index < -0.39 is 11.8 Å². The van der Waals surface area contributed by atoms with Gasteiger partial charge in [-0.05, 0) is 70.8 Å². The molecule has 2 amide bonds. The summed E-state index contributed by atoms with van der Waals surface area (Å²) in [4.78, 5) is 22.3. The number of amides is 2. The van der Waals surface area contributed by atoms with Crippen LogP contribution in [0, 0.1) is 0 Å². The molecule has 0 saturated heterocycles. The first-order valence-corrected chi connectivity index (χ1v) is 13.4. The lowest BCUT2D eigenvalue weighted by atomic mass is 10.0. The molecule has 4 aromatic carbocycles. The van der Waals surface area contributed by atoms with E-state index in [1.54, 1.807) is 24.3 Å². The summed E-state index contributed by atoms with van der Waals surface area (Å²) in [6.45, 7) is 1.12. The standard InChI is InChI=1S/C15H14BrNO2.C15H14ClNO2/c2*16-8-9-19-14-6-4-11(5-7-14)12-2-1-3-13(10-12)15(17)18/h2*1-7,10H,8-9H2,(H2,17,18). The van der Waals surface area contributed by atoms with Crippen molar-refractivity contribution < 1.29 is 19.1 Å². The zero-order chi connectivity index (χ0) is 27.3. The van der Waals surface area contributed by atoms with E-state index in [1.807, 2.05) is 72.8 Å². The van der Waals surface area contributed by atoms with Crippen LogP contribution in [0.2, 0.25) is 0 Å². The second-order valence-corrected chi connectivity index (χ2v) is 9.18. The Morgan fingerprint density at radius 3 is 1.42 bits per heavy atom. The van der Waals surface area contributed by atoms with E-state index in [9.17, 15) is 9.59 Å². The summed E-state index contributed by atoms with van der Waals surface area (Å²) in [5.74, 6) is 1.22. The second kappa shape index (κ2) is 14.8. The summed E-state index contributed by atoms with van der Waals surface area (Å²) < 4.78 is 10.9. The number of ether oxygens (including phenoxy) is 2. The van der Waals surface area contributed by atoms with Gasteiger partial charge in [-0.3, -0.25) is 9.59 Å². The molecule has 0 aliphatic heterocycles. The molecule has 0 heterocycles. The van der Waals surface area contributed by atoms with Crippen molar-refractivity contribution in [3.63, 3.8) is 0 Å². The molecule has 0 aromatic heterocycles. The molecule has 0 aliphatic rings. The van der Waals surface area contributed by atoms with Gasteiger partial charge in [-0.1, -0.05) is 64.5 Å². The number of carbonyl (C=O) groups excluding carboxylic acids is 2. The summed E-state index contributed by atoms with van der Waals surface area (Å²) >= 11 is 8.87. The van der Waals surface area contributed by atoms with Gasteiger partial charge < -0.3 is 20.9 Å². The van der Waals surface area contributed by atoms with E-state index in [-0.39, 0.29) is 0 Å². The molecule has 8 heteroatoms. The Morgan fingerprint density at radius 1 is 0.632 bits per heavy atom. The van der Waals surface area contributed by atoms with E-state index >= 15 is 0 Å². The van der Waals surface area contributed by atoms with Crippen LogP contribution in [0.3, 0.4) is 0 Å². The highest BCUT2D eigenvalue weighted by atomic mass is 79.9. The lowest BCUT2D eigenvalue weighted by Gasteiger charge is -2.06. The number of carbonyl (C=O) groups is 2. The van der Waals surface area contributed by atoms with E-state index in [1.165, 1.54) is 0 Å². The quantitative estimate of drug-likeness (QED) is 0.210. The van der Waals surface area contributed by atoms with Crippen LogP contribution < -0.4 is 20.9 Å². The maximum Gasteiger partial charge on any atom is 0.248 e. The van der Waals surface area contributed by atoms with Gasteiger partial charge in [0.1, 0.15) is 18.1 Å². The molecule has 0 fully saturated rings. The van der Waals surface area contributed by atoms with Gasteiger partial charge in [-0.25, -0.2) is 0 Å². The number of hydrogen-bond acceptors (Lipinski definition) is 4. The molecule has 0 spiro atoms. The Bertz CT molecular complexity index is 1240. The smallest absolute Gasteiger partial charge is 0.248 e. The number of rotatable bonds is 10. The minimum atomic E-state index is -0.427. The predicted molar refractivity (Wildman–Crippen MR) is 156 cm³/mol. The van der Waals surface area contributed by atoms with Crippen LogP contribution in [0.1, 0.15) is 20.7 Å². The Kier molecular flexibility index (Phi) is 11.2. The topological polar surface area (TPSA) is 105 Å². The fraction of sp³-hybridized carbons (Fsp3) is 0.133. The summed E-state index contributed by atoms with van der Waals surface area (Å²) in [5, 5.41) is 0.801. The molecule has 4 aromatic rings. The van der Waals surface area contributed by atoms with Crippen molar-refractivity contribution in [2.45, 2.75) is 0 Å². The number of hydrogen-bond donors (Lipinski definition) is 2. The molecule has 0 saturated carbocycles. The maximum absolute atomic E-state index is 11.2. The van der Waals surface area contributed by atoms with Gasteiger partial charge in [-0.15, -0.1) is 11.6 Å². The summed E-state index contributed by atoms with van der Waals surface area (Å²) in [6, 6.07) is 29.8. The third kappa shape index (κ3) is 8.64. The number of alkyl halides is 2. The van der Waals surface area contributed by atoms with Crippen molar-refractivity contribution in [2.75, 3.05) is 24.4 Å². The van der Waals surface area contributed by atoms with Crippen LogP contribution in [0.15, 0.2) is 97.1 Å². The molecular weight excluding hydrogens is 568 g/mol. The Morgan fingerprint density at radius 2 is 1.05 bits per heavy atom. The molecule has 0 atom stereocenters. The van der Waals surface area contributed by atoms with Crippen LogP contribution >= 0.6 is 27.5 Å². The fourth-order valence-electron chi connectivity index (χ4n) is 3.50. The lowest BCUT2D eigenvalue weighted by Crippen LogP contribution is -2.10. The number of benzene rings is 4. The van der Waals surface area contributed by atoms with Crippen molar-refractivity contribution in [1.29, 1.82) is 0 Å². The van der Waals surface area contributed by atoms with Crippen LogP contribution in [0.5, 0.6) is 11.5 Å². The summed E-state index contributed by atoms with van der Waals surface area (Å²) in [6.07, 6.45) is 0. The first-order valence-electron chi connectivity index (χ1n) is 11.8. The van der Waals surface area contributed by atoms with E-state index in [0.29, 0.717) is 30.2 Å². The molecule has 0 aliphatic carbocycles. The van der Waals surface area contributed by atoms with Crippen molar-refractivity contribution in [2.24, 2.45) is 11.5 Å². The number of nitrogens with two attached hydrogens (primary N) is 2. The normalized spacial score (nSPS) is 10.2. The number of halogens is 2. The fourth-order valence-corrected chi connectivity index (χ4v) is 3.74. The van der Waals surface area contributed by atoms with E-state index in [4.69, 9.17) is 32.5 Å². The maximum atomic E-state index is 11.2. The first kappa shape index (κ1) is 28.8. The van der Waals surface area contributed by atoms with Gasteiger partial charge in [-0.2, -0.15) is 0 Å². The van der Waals surface area contributed by atoms with Crippen molar-refractivity contribution in [1.82, 2.24) is 0 Å². The Hall–Kier alpha value is -3.81. The molecule has 0 unspecified atom stereocenters. The lowest BCUT2D eigenvalue weighted by molar-refractivity contribution is 0.0992. The zero-order valence-corrected chi connectivity index (χ0v) is 23.0. The molecule has 0 bridgehead atoms. The largest absolute Gasteiger partial charge is 0.493 e. The third-order valence-electron chi connectivity index (χ3n) is 5.36. The van der Waals surface area contributed by atoms with E-state index in [0.717, 1.165) is 39.1 Å². The second-order valence-electron chi connectivity index (χ2n) is 8.01. The minimum absolute atomic E-state index is 0.417. The third-order valence-corrected chi connectivity index (χ3v) is 5.84. The van der Waals surface area contributed by atoms with Crippen LogP contribution in [0.4, 0.5) is 0 Å². The predicted octanol–water partition coefficient (Wildman–Crippen LogP) is 6.30. The van der Waals surface area contributed by atoms with Crippen LogP contribution in [-0.2, 0) is 0 Å². The number of primary amides is 2. The Balaban J connectivity index is 0.000000211. The minimum Gasteiger partial charge on any atom is -0.493 e. The SMILES string of the molecule is NC(=O)c1cccc(-c2ccc(OCCBr)cc2)c1.NC(=O)c1cccc(-c2ccc(OCCCl)cc2)c1. The molecule has 6 nitrogen and oxygen atoms in total. The van der Waals surface area contributed by atoms with Gasteiger partial charge in [0.05, 0.1) is 12.5 Å². The van der Waals surface area contributed by atoms with E-state index in [2.05, 4.69) is 15.9 Å². The molecule has 196 valence electrons. The molecular formula is C30H28BrClN2O4. The van der Waals surface area contributed by atoms with Gasteiger partial charge in [0.2, 0.25) is 11.8 Å². The summed E-state index contributed by atoms with van der Waals surface area (Å²) in [5.41, 5.74) is 15.5. The highest BCUT2D eigenvalue weighted by Crippen LogP contribution is 2.24. The Labute approximate surface area is 235 Å². The van der Waals surface area contributed by atoms with Crippen molar-refractivity contribution in [3.8, 4) is 33.8 Å². The summed E-state index contributed by atoms with van der Waals surface area (Å²) in [7, 11) is 0. The molecule has 4 rings (SSSR count). The average molecular weight is 596 g/mol. The van der Waals surface area contributed by atoms with Gasteiger partial charge in [0.15, 0.2) is 0 Å². The highest BCUT2D eigenvalue weighted by Gasteiger charge is 2.05. The zero-order valence-electron chi connectivity index (χ0n) is 20.6. The molecule has 4 N–H and O–H groups in total. The van der Waals surface area contributed by atoms with Gasteiger partial charge in [0, 0.05) is 16.5 Å². The molecule has 0 radical (unpaired) electrons. The van der Waals surface area contributed by atoms with Crippen LogP contribution in [-0.4, -0.2) is 36.2 Å². The van der Waals surface area contributed by atoms with Gasteiger partial charge >= 0.3 is 0 Å². The van der Waals surface area contributed by atoms with Crippen molar-refractivity contribution >= 4 is 39.3 Å².